The molecule has 0 heterocycles. The van der Waals surface area contributed by atoms with E-state index >= 15 is 0 Å². The molecule has 0 bridgehead atoms. The monoisotopic (exact) mass is 259 g/mol. The Labute approximate surface area is 106 Å². The first kappa shape index (κ1) is 14.5. The minimum absolute atomic E-state index is 0.522. The molecule has 4 heteroatoms. The lowest BCUT2D eigenvalue weighted by Gasteiger charge is -2.07. The van der Waals surface area contributed by atoms with Crippen molar-refractivity contribution < 1.29 is 8.78 Å². The maximum atomic E-state index is 12.9. The molecule has 0 amide bonds. The Morgan fingerprint density at radius 3 is 2.59 bits per heavy atom. The van der Waals surface area contributed by atoms with Crippen LogP contribution in [0.4, 0.5) is 8.78 Å². The van der Waals surface area contributed by atoms with Gasteiger partial charge in [0.15, 0.2) is 11.6 Å². The summed E-state index contributed by atoms with van der Waals surface area (Å²) in [5.74, 6) is -0.614. The lowest BCUT2D eigenvalue weighted by molar-refractivity contribution is 0.506. The van der Waals surface area contributed by atoms with Gasteiger partial charge >= 0.3 is 0 Å². The number of benzene rings is 1. The van der Waals surface area contributed by atoms with E-state index in [9.17, 15) is 8.78 Å². The van der Waals surface area contributed by atoms with Gasteiger partial charge in [0.25, 0.3) is 0 Å². The van der Waals surface area contributed by atoms with Gasteiger partial charge in [-0.15, -0.1) is 11.8 Å². The molecule has 0 unspecified atom stereocenters. The van der Waals surface area contributed by atoms with Crippen LogP contribution < -0.4 is 5.32 Å². The summed E-state index contributed by atoms with van der Waals surface area (Å²) < 4.78 is 25.6. The Morgan fingerprint density at radius 2 is 1.94 bits per heavy atom. The molecule has 1 aromatic rings. The summed E-state index contributed by atoms with van der Waals surface area (Å²) >= 11 is 1.57. The molecule has 0 spiro atoms. The normalized spacial score (nSPS) is 11.1. The molecule has 0 aliphatic carbocycles. The molecule has 1 aromatic carbocycles. The van der Waals surface area contributed by atoms with Crippen molar-refractivity contribution in [3.8, 4) is 0 Å². The van der Waals surface area contributed by atoms with Crippen LogP contribution in [0.2, 0.25) is 0 Å². The summed E-state index contributed by atoms with van der Waals surface area (Å²) in [7, 11) is 0. The van der Waals surface area contributed by atoms with Crippen LogP contribution in [-0.2, 0) is 0 Å². The van der Waals surface area contributed by atoms with E-state index in [-0.39, 0.29) is 0 Å². The highest BCUT2D eigenvalue weighted by Crippen LogP contribution is 2.21. The zero-order valence-electron chi connectivity index (χ0n) is 10.3. The number of unbranched alkanes of at least 4 members (excludes halogenated alkanes) is 1. The standard InChI is InChI=1S/C13H19F2NS/c1-10(2)16-7-3-4-8-17-11-5-6-12(14)13(15)9-11/h5-6,9-10,16H,3-4,7-8H2,1-2H3. The maximum Gasteiger partial charge on any atom is 0.159 e. The number of halogens is 2. The van der Waals surface area contributed by atoms with Crippen LogP contribution in [0.1, 0.15) is 26.7 Å². The van der Waals surface area contributed by atoms with E-state index in [1.54, 1.807) is 17.8 Å². The van der Waals surface area contributed by atoms with Crippen molar-refractivity contribution in [3.05, 3.63) is 29.8 Å². The zero-order valence-corrected chi connectivity index (χ0v) is 11.1. The van der Waals surface area contributed by atoms with Gasteiger partial charge in [0.05, 0.1) is 0 Å². The van der Waals surface area contributed by atoms with Crippen LogP contribution in [0, 0.1) is 11.6 Å². The SMILES string of the molecule is CC(C)NCCCCSc1ccc(F)c(F)c1. The molecule has 0 aromatic heterocycles. The van der Waals surface area contributed by atoms with Crippen LogP contribution >= 0.6 is 11.8 Å². The zero-order chi connectivity index (χ0) is 12.7. The summed E-state index contributed by atoms with van der Waals surface area (Å²) in [4.78, 5) is 0.792. The number of hydrogen-bond donors (Lipinski definition) is 1. The van der Waals surface area contributed by atoms with Crippen molar-refractivity contribution in [2.24, 2.45) is 0 Å². The fourth-order valence-electron chi connectivity index (χ4n) is 1.37. The van der Waals surface area contributed by atoms with Crippen molar-refractivity contribution in [2.75, 3.05) is 12.3 Å². The van der Waals surface area contributed by atoms with Gasteiger partial charge in [0.1, 0.15) is 0 Å². The molecule has 0 aliphatic rings. The average molecular weight is 259 g/mol. The highest BCUT2D eigenvalue weighted by Gasteiger charge is 2.02. The summed E-state index contributed by atoms with van der Waals surface area (Å²) in [6.45, 7) is 5.25. The Balaban J connectivity index is 2.16. The second-order valence-corrected chi connectivity index (χ2v) is 5.41. The van der Waals surface area contributed by atoms with Crippen LogP contribution in [0.5, 0.6) is 0 Å². The van der Waals surface area contributed by atoms with Gasteiger partial charge in [-0.1, -0.05) is 13.8 Å². The van der Waals surface area contributed by atoms with E-state index in [0.717, 1.165) is 30.0 Å². The number of hydrogen-bond acceptors (Lipinski definition) is 2. The number of rotatable bonds is 7. The molecule has 0 fully saturated rings. The predicted octanol–water partition coefficient (Wildman–Crippen LogP) is 3.84. The van der Waals surface area contributed by atoms with Crippen molar-refractivity contribution in [1.82, 2.24) is 5.32 Å². The van der Waals surface area contributed by atoms with Gasteiger partial charge in [-0.25, -0.2) is 8.78 Å². The largest absolute Gasteiger partial charge is 0.315 e. The molecule has 0 saturated heterocycles. The molecule has 0 aliphatic heterocycles. The van der Waals surface area contributed by atoms with E-state index in [4.69, 9.17) is 0 Å². The topological polar surface area (TPSA) is 12.0 Å². The van der Waals surface area contributed by atoms with E-state index < -0.39 is 11.6 Å². The van der Waals surface area contributed by atoms with Crippen LogP contribution in [0.25, 0.3) is 0 Å². The average Bonchev–Trinajstić information content (AvgIpc) is 2.27. The molecule has 17 heavy (non-hydrogen) atoms. The van der Waals surface area contributed by atoms with E-state index in [1.165, 1.54) is 12.1 Å². The summed E-state index contributed by atoms with van der Waals surface area (Å²) in [5.41, 5.74) is 0. The van der Waals surface area contributed by atoms with Crippen LogP contribution in [0.15, 0.2) is 23.1 Å². The van der Waals surface area contributed by atoms with E-state index in [1.807, 2.05) is 0 Å². The Morgan fingerprint density at radius 1 is 1.18 bits per heavy atom. The molecule has 0 saturated carbocycles. The van der Waals surface area contributed by atoms with Crippen molar-refractivity contribution in [1.29, 1.82) is 0 Å². The first-order valence-corrected chi connectivity index (χ1v) is 6.89. The second-order valence-electron chi connectivity index (χ2n) is 4.24. The van der Waals surface area contributed by atoms with E-state index in [0.29, 0.717) is 6.04 Å². The van der Waals surface area contributed by atoms with Crippen molar-refractivity contribution in [3.63, 3.8) is 0 Å². The second kappa shape index (κ2) is 7.67. The fraction of sp³-hybridized carbons (Fsp3) is 0.538. The van der Waals surface area contributed by atoms with Crippen LogP contribution in [-0.4, -0.2) is 18.3 Å². The highest BCUT2D eigenvalue weighted by atomic mass is 32.2. The quantitative estimate of drug-likeness (QED) is 0.590. The highest BCUT2D eigenvalue weighted by molar-refractivity contribution is 7.99. The molecule has 1 rings (SSSR count). The van der Waals surface area contributed by atoms with Gasteiger partial charge in [0, 0.05) is 10.9 Å². The minimum Gasteiger partial charge on any atom is -0.315 e. The van der Waals surface area contributed by atoms with E-state index in [2.05, 4.69) is 19.2 Å². The summed E-state index contributed by atoms with van der Waals surface area (Å²) in [5, 5.41) is 3.34. The van der Waals surface area contributed by atoms with Gasteiger partial charge in [-0.3, -0.25) is 0 Å². The first-order valence-electron chi connectivity index (χ1n) is 5.91. The Bertz CT molecular complexity index is 342. The summed E-state index contributed by atoms with van der Waals surface area (Å²) in [6, 6.07) is 4.58. The number of nitrogens with one attached hydrogen (secondary N) is 1. The Kier molecular flexibility index (Phi) is 6.52. The lowest BCUT2D eigenvalue weighted by Crippen LogP contribution is -2.23. The molecular formula is C13H19F2NS. The maximum absolute atomic E-state index is 12.9. The molecule has 96 valence electrons. The van der Waals surface area contributed by atoms with Gasteiger partial charge < -0.3 is 5.32 Å². The van der Waals surface area contributed by atoms with Crippen LogP contribution in [0.3, 0.4) is 0 Å². The molecule has 0 radical (unpaired) electrons. The third-order valence-corrected chi connectivity index (χ3v) is 3.36. The minimum atomic E-state index is -0.782. The van der Waals surface area contributed by atoms with Gasteiger partial charge in [-0.05, 0) is 43.3 Å². The lowest BCUT2D eigenvalue weighted by atomic mass is 10.3. The smallest absolute Gasteiger partial charge is 0.159 e. The third-order valence-electron chi connectivity index (χ3n) is 2.28. The van der Waals surface area contributed by atoms with Gasteiger partial charge in [0.2, 0.25) is 0 Å². The molecule has 0 atom stereocenters. The summed E-state index contributed by atoms with van der Waals surface area (Å²) in [6.07, 6.45) is 2.18. The molecular weight excluding hydrogens is 240 g/mol. The Hall–Kier alpha value is -0.610. The van der Waals surface area contributed by atoms with Gasteiger partial charge in [-0.2, -0.15) is 0 Å². The first-order chi connectivity index (χ1) is 8.09. The molecule has 1 N–H and O–H groups in total. The number of thioether (sulfide) groups is 1. The van der Waals surface area contributed by atoms with Crippen molar-refractivity contribution >= 4 is 11.8 Å². The predicted molar refractivity (Wildman–Crippen MR) is 69.5 cm³/mol. The third kappa shape index (κ3) is 6.03. The fourth-order valence-corrected chi connectivity index (χ4v) is 2.31. The van der Waals surface area contributed by atoms with Crippen molar-refractivity contribution in [2.45, 2.75) is 37.6 Å². The molecule has 1 nitrogen and oxygen atoms in total.